The van der Waals surface area contributed by atoms with Gasteiger partial charge in [0.05, 0.1) is 12.6 Å². The number of hydrogen-bond acceptors (Lipinski definition) is 6. The van der Waals surface area contributed by atoms with E-state index in [2.05, 4.69) is 23.3 Å². The van der Waals surface area contributed by atoms with Crippen LogP contribution >= 0.6 is 0 Å². The van der Waals surface area contributed by atoms with Gasteiger partial charge in [-0.05, 0) is 30.7 Å². The first kappa shape index (κ1) is 23.5. The van der Waals surface area contributed by atoms with E-state index in [9.17, 15) is 14.9 Å². The molecule has 2 atom stereocenters. The molecule has 0 aliphatic carbocycles. The van der Waals surface area contributed by atoms with Crippen molar-refractivity contribution in [3.8, 4) is 6.07 Å². The van der Waals surface area contributed by atoms with E-state index in [0.717, 1.165) is 11.4 Å². The van der Waals surface area contributed by atoms with E-state index in [1.165, 1.54) is 16.0 Å². The Balaban J connectivity index is 1.65. The van der Waals surface area contributed by atoms with E-state index in [1.807, 2.05) is 30.3 Å². The van der Waals surface area contributed by atoms with E-state index >= 15 is 0 Å². The van der Waals surface area contributed by atoms with Crippen LogP contribution in [0.2, 0.25) is 0 Å². The number of nitriles is 1. The molecule has 2 aromatic rings. The van der Waals surface area contributed by atoms with Crippen LogP contribution in [-0.4, -0.2) is 61.1 Å². The van der Waals surface area contributed by atoms with Crippen molar-refractivity contribution in [2.75, 3.05) is 37.8 Å². The third kappa shape index (κ3) is 5.39. The highest BCUT2D eigenvalue weighted by molar-refractivity contribution is 5.99. The standard InChI is InChI=1S/C25H28N6O2/c1-17(29-21-7-5-4-6-8-21)20-11-22(14-27)31(15-20)24(32)16-30(3)25(33)18-9-10-19(13-26)23(12-18)28-2/h4-10,12-13,20,22,26,28-29H,1,11,15-16H2,2-3H3. The van der Waals surface area contributed by atoms with Gasteiger partial charge < -0.3 is 25.8 Å². The molecule has 2 amide bonds. The summed E-state index contributed by atoms with van der Waals surface area (Å²) in [6, 6.07) is 16.2. The Bertz CT molecular complexity index is 1090. The summed E-state index contributed by atoms with van der Waals surface area (Å²) in [4.78, 5) is 28.7. The number of hydrogen-bond donors (Lipinski definition) is 3. The zero-order valence-corrected chi connectivity index (χ0v) is 18.8. The molecule has 0 bridgehead atoms. The summed E-state index contributed by atoms with van der Waals surface area (Å²) in [6.07, 6.45) is 1.70. The third-order valence-electron chi connectivity index (χ3n) is 5.79. The number of para-hydroxylation sites is 1. The van der Waals surface area contributed by atoms with Crippen LogP contribution in [0.5, 0.6) is 0 Å². The molecule has 33 heavy (non-hydrogen) atoms. The van der Waals surface area contributed by atoms with Crippen LogP contribution in [0.3, 0.4) is 0 Å². The van der Waals surface area contributed by atoms with Gasteiger partial charge in [-0.15, -0.1) is 0 Å². The first-order valence-corrected chi connectivity index (χ1v) is 10.7. The number of nitrogens with zero attached hydrogens (tertiary/aromatic N) is 3. The maximum absolute atomic E-state index is 13.0. The number of likely N-dealkylation sites (N-methyl/N-ethyl adjacent to an activating group) is 1. The zero-order valence-electron chi connectivity index (χ0n) is 18.8. The number of carbonyl (C=O) groups excluding carboxylic acids is 2. The topological polar surface area (TPSA) is 112 Å². The predicted octanol–water partition coefficient (Wildman–Crippen LogP) is 3.16. The number of nitrogens with one attached hydrogen (secondary N) is 3. The van der Waals surface area contributed by atoms with Gasteiger partial charge in [0.15, 0.2) is 0 Å². The number of amides is 2. The molecule has 170 valence electrons. The Labute approximate surface area is 194 Å². The highest BCUT2D eigenvalue weighted by Crippen LogP contribution is 2.29. The lowest BCUT2D eigenvalue weighted by Crippen LogP contribution is -2.43. The van der Waals surface area contributed by atoms with Crippen molar-refractivity contribution in [2.45, 2.75) is 12.5 Å². The first-order chi connectivity index (χ1) is 15.9. The number of anilines is 2. The fraction of sp³-hybridized carbons (Fsp3) is 0.280. The monoisotopic (exact) mass is 444 g/mol. The molecular weight excluding hydrogens is 416 g/mol. The summed E-state index contributed by atoms with van der Waals surface area (Å²) >= 11 is 0. The molecule has 0 aromatic heterocycles. The molecule has 1 aliphatic heterocycles. The molecule has 3 rings (SSSR count). The highest BCUT2D eigenvalue weighted by Gasteiger charge is 2.37. The van der Waals surface area contributed by atoms with Gasteiger partial charge in [0.1, 0.15) is 6.04 Å². The second-order valence-electron chi connectivity index (χ2n) is 8.00. The van der Waals surface area contributed by atoms with Crippen LogP contribution in [-0.2, 0) is 4.79 Å². The molecule has 3 N–H and O–H groups in total. The van der Waals surface area contributed by atoms with Crippen molar-refractivity contribution < 1.29 is 9.59 Å². The van der Waals surface area contributed by atoms with E-state index in [4.69, 9.17) is 5.41 Å². The second kappa shape index (κ2) is 10.5. The van der Waals surface area contributed by atoms with E-state index in [-0.39, 0.29) is 24.3 Å². The SMILES string of the molecule is C=C(Nc1ccccc1)C1CC(C#N)N(C(=O)CN(C)C(=O)c2ccc(C=N)c(NC)c2)C1. The van der Waals surface area contributed by atoms with E-state index in [1.54, 1.807) is 32.3 Å². The Hall–Kier alpha value is -4.12. The zero-order chi connectivity index (χ0) is 24.0. The van der Waals surface area contributed by atoms with Gasteiger partial charge >= 0.3 is 0 Å². The van der Waals surface area contributed by atoms with Gasteiger partial charge in [-0.2, -0.15) is 5.26 Å². The van der Waals surface area contributed by atoms with Crippen LogP contribution in [0.1, 0.15) is 22.3 Å². The van der Waals surface area contributed by atoms with Crippen molar-refractivity contribution >= 4 is 29.4 Å². The lowest BCUT2D eigenvalue weighted by Gasteiger charge is -2.24. The summed E-state index contributed by atoms with van der Waals surface area (Å²) < 4.78 is 0. The summed E-state index contributed by atoms with van der Waals surface area (Å²) in [5, 5.41) is 23.3. The highest BCUT2D eigenvalue weighted by atomic mass is 16.2. The van der Waals surface area contributed by atoms with Crippen molar-refractivity contribution in [1.82, 2.24) is 9.80 Å². The predicted molar refractivity (Wildman–Crippen MR) is 129 cm³/mol. The Morgan fingerprint density at radius 3 is 2.67 bits per heavy atom. The largest absolute Gasteiger partial charge is 0.388 e. The van der Waals surface area contributed by atoms with Crippen LogP contribution in [0.25, 0.3) is 0 Å². The molecule has 1 fully saturated rings. The lowest BCUT2D eigenvalue weighted by atomic mass is 10.0. The Morgan fingerprint density at radius 2 is 2.03 bits per heavy atom. The summed E-state index contributed by atoms with van der Waals surface area (Å²) in [5.74, 6) is -0.653. The molecular formula is C25H28N6O2. The lowest BCUT2D eigenvalue weighted by molar-refractivity contribution is -0.131. The van der Waals surface area contributed by atoms with Gasteiger partial charge in [0, 0.05) is 61.0 Å². The van der Waals surface area contributed by atoms with Gasteiger partial charge in [-0.1, -0.05) is 30.8 Å². The van der Waals surface area contributed by atoms with Gasteiger partial charge in [-0.25, -0.2) is 0 Å². The van der Waals surface area contributed by atoms with Gasteiger partial charge in [-0.3, -0.25) is 9.59 Å². The van der Waals surface area contributed by atoms with Crippen LogP contribution < -0.4 is 10.6 Å². The molecule has 0 spiro atoms. The number of carbonyl (C=O) groups is 2. The van der Waals surface area contributed by atoms with Crippen LogP contribution in [0.15, 0.2) is 60.8 Å². The van der Waals surface area contributed by atoms with E-state index in [0.29, 0.717) is 29.8 Å². The molecule has 2 unspecified atom stereocenters. The smallest absolute Gasteiger partial charge is 0.254 e. The fourth-order valence-electron chi connectivity index (χ4n) is 3.91. The molecule has 8 nitrogen and oxygen atoms in total. The molecule has 0 saturated carbocycles. The minimum Gasteiger partial charge on any atom is -0.388 e. The molecule has 8 heteroatoms. The second-order valence-corrected chi connectivity index (χ2v) is 8.00. The van der Waals surface area contributed by atoms with Gasteiger partial charge in [0.2, 0.25) is 5.91 Å². The number of likely N-dealkylation sites (tertiary alicyclic amines) is 1. The number of rotatable bonds is 8. The van der Waals surface area contributed by atoms with Crippen LogP contribution in [0.4, 0.5) is 11.4 Å². The first-order valence-electron chi connectivity index (χ1n) is 10.7. The van der Waals surface area contributed by atoms with Crippen molar-refractivity contribution in [1.29, 1.82) is 10.7 Å². The molecule has 1 saturated heterocycles. The fourth-order valence-corrected chi connectivity index (χ4v) is 3.91. The van der Waals surface area contributed by atoms with Crippen LogP contribution in [0, 0.1) is 22.7 Å². The summed E-state index contributed by atoms with van der Waals surface area (Å²) in [5.41, 5.74) is 3.40. The normalized spacial score (nSPS) is 17.1. The Morgan fingerprint density at radius 1 is 1.30 bits per heavy atom. The minimum atomic E-state index is -0.567. The molecule has 2 aromatic carbocycles. The molecule has 1 heterocycles. The quantitative estimate of drug-likeness (QED) is 0.542. The maximum Gasteiger partial charge on any atom is 0.254 e. The molecule has 0 radical (unpaired) electrons. The van der Waals surface area contributed by atoms with Crippen molar-refractivity contribution in [3.05, 3.63) is 71.9 Å². The average Bonchev–Trinajstić information content (AvgIpc) is 3.28. The number of benzene rings is 2. The van der Waals surface area contributed by atoms with Crippen molar-refractivity contribution in [3.63, 3.8) is 0 Å². The van der Waals surface area contributed by atoms with Gasteiger partial charge in [0.25, 0.3) is 5.91 Å². The molecule has 1 aliphatic rings. The Kier molecular flexibility index (Phi) is 7.46. The van der Waals surface area contributed by atoms with E-state index < -0.39 is 6.04 Å². The van der Waals surface area contributed by atoms with Crippen molar-refractivity contribution in [2.24, 2.45) is 5.92 Å². The third-order valence-corrected chi connectivity index (χ3v) is 5.79. The summed E-state index contributed by atoms with van der Waals surface area (Å²) in [6.45, 7) is 4.34. The maximum atomic E-state index is 13.0. The minimum absolute atomic E-state index is 0.0633. The summed E-state index contributed by atoms with van der Waals surface area (Å²) in [7, 11) is 3.28. The average molecular weight is 445 g/mol.